The molecule has 66 valence electrons. The first kappa shape index (κ1) is 11.1. The molecule has 1 nitrogen and oxygen atoms in total. The second kappa shape index (κ2) is 3.65. The minimum Gasteiger partial charge on any atom is -0.286 e. The van der Waals surface area contributed by atoms with Crippen molar-refractivity contribution in [2.75, 3.05) is 0 Å². The molecule has 0 saturated carbocycles. The molecule has 0 aromatic rings. The van der Waals surface area contributed by atoms with Gasteiger partial charge in [0.15, 0.2) is 0 Å². The highest BCUT2D eigenvalue weighted by atomic mass is 15.0. The van der Waals surface area contributed by atoms with Crippen molar-refractivity contribution in [2.45, 2.75) is 45.7 Å². The summed E-state index contributed by atoms with van der Waals surface area (Å²) in [4.78, 5) is 0. The maximum absolute atomic E-state index is 5.35. The second-order valence-electron chi connectivity index (χ2n) is 3.89. The van der Waals surface area contributed by atoms with E-state index < -0.39 is 0 Å². The molecule has 0 radical (unpaired) electrons. The zero-order chi connectivity index (χ0) is 9.83. The quantitative estimate of drug-likeness (QED) is 0.612. The van der Waals surface area contributed by atoms with Crippen LogP contribution in [0.2, 0.25) is 0 Å². The Labute approximate surface area is 75.9 Å². The highest BCUT2D eigenvalue weighted by Gasteiger charge is 2.23. The van der Waals surface area contributed by atoms with Crippen molar-refractivity contribution in [1.82, 2.24) is 5.32 Å². The molecule has 0 fully saturated rings. The molecule has 0 aliphatic rings. The van der Waals surface area contributed by atoms with Crippen molar-refractivity contribution in [3.63, 3.8) is 0 Å². The van der Waals surface area contributed by atoms with Crippen LogP contribution in [0.1, 0.15) is 34.6 Å². The van der Waals surface area contributed by atoms with Crippen molar-refractivity contribution in [3.8, 4) is 24.2 Å². The highest BCUT2D eigenvalue weighted by Crippen LogP contribution is 2.08. The summed E-state index contributed by atoms with van der Waals surface area (Å²) < 4.78 is 0. The van der Waals surface area contributed by atoms with Crippen LogP contribution in [-0.2, 0) is 0 Å². The van der Waals surface area contributed by atoms with Gasteiger partial charge in [-0.05, 0) is 34.6 Å². The van der Waals surface area contributed by atoms with Crippen molar-refractivity contribution < 1.29 is 0 Å². The minimum absolute atomic E-state index is 0.218. The predicted molar refractivity (Wildman–Crippen MR) is 53.6 cm³/mol. The molecule has 0 spiro atoms. The third-order valence-corrected chi connectivity index (χ3v) is 1.42. The van der Waals surface area contributed by atoms with Crippen LogP contribution in [-0.4, -0.2) is 11.1 Å². The Morgan fingerprint density at radius 1 is 1.08 bits per heavy atom. The first-order valence-corrected chi connectivity index (χ1v) is 4.04. The van der Waals surface area contributed by atoms with Crippen LogP contribution in [0, 0.1) is 24.2 Å². The summed E-state index contributed by atoms with van der Waals surface area (Å²) in [6.07, 6.45) is 5.35. The first-order chi connectivity index (χ1) is 5.33. The van der Waals surface area contributed by atoms with Gasteiger partial charge in [-0.3, -0.25) is 5.32 Å². The summed E-state index contributed by atoms with van der Waals surface area (Å²) in [6, 6.07) is 0. The topological polar surface area (TPSA) is 12.0 Å². The summed E-state index contributed by atoms with van der Waals surface area (Å²) in [7, 11) is 0. The molecule has 0 saturated heterocycles. The lowest BCUT2D eigenvalue weighted by atomic mass is 9.98. The van der Waals surface area contributed by atoms with Crippen LogP contribution in [0.3, 0.4) is 0 Å². The zero-order valence-corrected chi connectivity index (χ0v) is 8.58. The standard InChI is InChI=1S/C11H17N/c1-7-9-11(5,6)12-10(3,4)8-2/h2,12H,1,3-6H3. The molecule has 1 N–H and O–H groups in total. The maximum Gasteiger partial charge on any atom is 0.0755 e. The van der Waals surface area contributed by atoms with Crippen LogP contribution in [0.5, 0.6) is 0 Å². The monoisotopic (exact) mass is 163 g/mol. The Balaban J connectivity index is 4.43. The van der Waals surface area contributed by atoms with Gasteiger partial charge in [0.2, 0.25) is 0 Å². The van der Waals surface area contributed by atoms with E-state index in [2.05, 4.69) is 23.1 Å². The van der Waals surface area contributed by atoms with Crippen LogP contribution < -0.4 is 5.32 Å². The van der Waals surface area contributed by atoms with Crippen molar-refractivity contribution in [3.05, 3.63) is 0 Å². The molecule has 12 heavy (non-hydrogen) atoms. The molecule has 0 heterocycles. The second-order valence-corrected chi connectivity index (χ2v) is 3.89. The number of nitrogens with one attached hydrogen (secondary N) is 1. The van der Waals surface area contributed by atoms with Crippen LogP contribution in [0.25, 0.3) is 0 Å². The fraction of sp³-hybridized carbons (Fsp3) is 0.636. The molecule has 0 rings (SSSR count). The van der Waals surface area contributed by atoms with Gasteiger partial charge < -0.3 is 0 Å². The Morgan fingerprint density at radius 3 is 1.92 bits per heavy atom. The lowest BCUT2D eigenvalue weighted by molar-refractivity contribution is 0.382. The zero-order valence-electron chi connectivity index (χ0n) is 8.58. The summed E-state index contributed by atoms with van der Waals surface area (Å²) in [5.74, 6) is 8.61. The SMILES string of the molecule is C#CC(C)(C)NC(C)(C)C#CC. The average molecular weight is 163 g/mol. The fourth-order valence-corrected chi connectivity index (χ4v) is 1.16. The largest absolute Gasteiger partial charge is 0.286 e. The molecule has 0 aromatic heterocycles. The van der Waals surface area contributed by atoms with Gasteiger partial charge in [-0.15, -0.1) is 12.3 Å². The fourth-order valence-electron chi connectivity index (χ4n) is 1.16. The minimum atomic E-state index is -0.298. The van der Waals surface area contributed by atoms with Gasteiger partial charge in [-0.2, -0.15) is 0 Å². The van der Waals surface area contributed by atoms with E-state index in [0.29, 0.717) is 0 Å². The van der Waals surface area contributed by atoms with Gasteiger partial charge >= 0.3 is 0 Å². The molecule has 0 atom stereocenters. The molecule has 0 unspecified atom stereocenters. The Kier molecular flexibility index (Phi) is 3.37. The summed E-state index contributed by atoms with van der Waals surface area (Å²) >= 11 is 0. The first-order valence-electron chi connectivity index (χ1n) is 4.04. The van der Waals surface area contributed by atoms with Gasteiger partial charge in [0.1, 0.15) is 0 Å². The summed E-state index contributed by atoms with van der Waals surface area (Å²) in [6.45, 7) is 9.79. The van der Waals surface area contributed by atoms with E-state index in [1.165, 1.54) is 0 Å². The lowest BCUT2D eigenvalue weighted by Gasteiger charge is -2.29. The third-order valence-electron chi connectivity index (χ3n) is 1.42. The average Bonchev–Trinajstić information content (AvgIpc) is 1.85. The number of hydrogen-bond acceptors (Lipinski definition) is 1. The Bertz CT molecular complexity index is 242. The summed E-state index contributed by atoms with van der Waals surface area (Å²) in [5, 5.41) is 3.27. The number of hydrogen-bond donors (Lipinski definition) is 1. The third kappa shape index (κ3) is 4.06. The Hall–Kier alpha value is -0.920. The van der Waals surface area contributed by atoms with E-state index in [0.717, 1.165) is 0 Å². The van der Waals surface area contributed by atoms with E-state index in [1.54, 1.807) is 0 Å². The molecular weight excluding hydrogens is 146 g/mol. The number of rotatable bonds is 2. The molecule has 0 aliphatic heterocycles. The normalized spacial score (nSPS) is 11.3. The molecular formula is C11H17N. The van der Waals surface area contributed by atoms with Crippen molar-refractivity contribution in [2.24, 2.45) is 0 Å². The molecule has 0 bridgehead atoms. The van der Waals surface area contributed by atoms with Gasteiger partial charge in [0, 0.05) is 0 Å². The Morgan fingerprint density at radius 2 is 1.58 bits per heavy atom. The summed E-state index contributed by atoms with van der Waals surface area (Å²) in [5.41, 5.74) is -0.516. The number of terminal acetylenes is 1. The van der Waals surface area contributed by atoms with Crippen LogP contribution >= 0.6 is 0 Å². The smallest absolute Gasteiger partial charge is 0.0755 e. The van der Waals surface area contributed by atoms with Crippen LogP contribution in [0.4, 0.5) is 0 Å². The molecule has 0 aliphatic carbocycles. The van der Waals surface area contributed by atoms with E-state index in [9.17, 15) is 0 Å². The van der Waals surface area contributed by atoms with Crippen molar-refractivity contribution >= 4 is 0 Å². The highest BCUT2D eigenvalue weighted by molar-refractivity contribution is 5.18. The van der Waals surface area contributed by atoms with Gasteiger partial charge in [-0.1, -0.05) is 11.8 Å². The molecule has 0 amide bonds. The van der Waals surface area contributed by atoms with Gasteiger partial charge in [0.25, 0.3) is 0 Å². The maximum atomic E-state index is 5.35. The molecule has 1 heteroatoms. The van der Waals surface area contributed by atoms with Crippen molar-refractivity contribution in [1.29, 1.82) is 0 Å². The van der Waals surface area contributed by atoms with Gasteiger partial charge in [0.05, 0.1) is 11.1 Å². The molecule has 0 aromatic carbocycles. The van der Waals surface area contributed by atoms with E-state index >= 15 is 0 Å². The van der Waals surface area contributed by atoms with E-state index in [1.807, 2.05) is 34.6 Å². The van der Waals surface area contributed by atoms with Crippen LogP contribution in [0.15, 0.2) is 0 Å². The predicted octanol–water partition coefficient (Wildman–Crippen LogP) is 1.79. The van der Waals surface area contributed by atoms with E-state index in [-0.39, 0.29) is 11.1 Å². The van der Waals surface area contributed by atoms with E-state index in [4.69, 9.17) is 6.42 Å². The van der Waals surface area contributed by atoms with Gasteiger partial charge in [-0.25, -0.2) is 0 Å². The lowest BCUT2D eigenvalue weighted by Crippen LogP contribution is -2.50.